The van der Waals surface area contributed by atoms with E-state index < -0.39 is 14.2 Å². The molecular weight excluding hydrogens is 616 g/mol. The predicted octanol–water partition coefficient (Wildman–Crippen LogP) is 5.48. The van der Waals surface area contributed by atoms with Gasteiger partial charge in [-0.25, -0.2) is 14.7 Å². The van der Waals surface area contributed by atoms with Gasteiger partial charge >= 0.3 is 12.1 Å². The van der Waals surface area contributed by atoms with Gasteiger partial charge in [-0.05, 0) is 61.3 Å². The summed E-state index contributed by atoms with van der Waals surface area (Å²) in [5.41, 5.74) is 1.30. The Hall–Kier alpha value is -2.38. The van der Waals surface area contributed by atoms with Crippen LogP contribution in [0.25, 0.3) is 0 Å². The number of amides is 4. The van der Waals surface area contributed by atoms with E-state index in [1.54, 1.807) is 0 Å². The molecule has 0 aliphatic carbocycles. The van der Waals surface area contributed by atoms with E-state index in [9.17, 15) is 14.4 Å². The van der Waals surface area contributed by atoms with Crippen LogP contribution in [0.2, 0.25) is 30.2 Å². The topological polar surface area (TPSA) is 119 Å². The van der Waals surface area contributed by atoms with E-state index in [4.69, 9.17) is 25.9 Å². The minimum absolute atomic E-state index is 0.0177. The Kier molecular flexibility index (Phi) is 15.4. The SMILES string of the molecule is COC(=O)NCCOC(c1cccc(Cl)c1)[C@@H]1CCCN(C(=O)N[C@@H](C[C@H]2CCCOC2)CN(C=O)OCC(C)[Si](C)(C)C)C1. The third-order valence-electron chi connectivity index (χ3n) is 8.89. The number of rotatable bonds is 16. The van der Waals surface area contributed by atoms with Crippen LogP contribution in [0.5, 0.6) is 0 Å². The van der Waals surface area contributed by atoms with Gasteiger partial charge in [-0.2, -0.15) is 0 Å². The first kappa shape index (κ1) is 37.1. The Morgan fingerprint density at radius 3 is 2.71 bits per heavy atom. The maximum Gasteiger partial charge on any atom is 0.406 e. The summed E-state index contributed by atoms with van der Waals surface area (Å²) in [5, 5.41) is 7.83. The highest BCUT2D eigenvalue weighted by atomic mass is 35.5. The number of hydrogen-bond acceptors (Lipinski definition) is 7. The van der Waals surface area contributed by atoms with Crippen molar-refractivity contribution < 1.29 is 33.4 Å². The molecule has 45 heavy (non-hydrogen) atoms. The normalized spacial score (nSPS) is 20.9. The molecule has 4 amide bonds. The number of halogens is 1. The summed E-state index contributed by atoms with van der Waals surface area (Å²) in [6.07, 6.45) is 4.28. The average Bonchev–Trinajstić information content (AvgIpc) is 3.02. The quantitative estimate of drug-likeness (QED) is 0.104. The molecule has 3 rings (SSSR count). The van der Waals surface area contributed by atoms with Crippen molar-refractivity contribution in [2.24, 2.45) is 11.8 Å². The Balaban J connectivity index is 1.68. The van der Waals surface area contributed by atoms with Gasteiger partial charge < -0.3 is 29.7 Å². The largest absolute Gasteiger partial charge is 0.453 e. The zero-order chi connectivity index (χ0) is 32.8. The molecule has 0 spiro atoms. The minimum Gasteiger partial charge on any atom is -0.453 e. The van der Waals surface area contributed by atoms with Crippen molar-refractivity contribution in [3.8, 4) is 0 Å². The van der Waals surface area contributed by atoms with Gasteiger partial charge in [0.15, 0.2) is 0 Å². The number of ether oxygens (including phenoxy) is 3. The van der Waals surface area contributed by atoms with Crippen LogP contribution in [-0.4, -0.2) is 102 Å². The van der Waals surface area contributed by atoms with Crippen LogP contribution in [-0.2, 0) is 23.8 Å². The van der Waals surface area contributed by atoms with Gasteiger partial charge in [0, 0.05) is 51.9 Å². The summed E-state index contributed by atoms with van der Waals surface area (Å²) >= 11 is 6.33. The van der Waals surface area contributed by atoms with Crippen LogP contribution in [0, 0.1) is 11.8 Å². The number of benzene rings is 1. The van der Waals surface area contributed by atoms with Crippen LogP contribution < -0.4 is 10.6 Å². The van der Waals surface area contributed by atoms with Gasteiger partial charge in [0.05, 0.1) is 39.0 Å². The lowest BCUT2D eigenvalue weighted by Gasteiger charge is -2.38. The number of piperidine rings is 1. The van der Waals surface area contributed by atoms with Gasteiger partial charge in [0.1, 0.15) is 0 Å². The minimum atomic E-state index is -1.43. The van der Waals surface area contributed by atoms with E-state index in [-0.39, 0.29) is 37.2 Å². The molecule has 0 bridgehead atoms. The molecule has 2 saturated heterocycles. The number of alkyl carbamates (subject to hydrolysis) is 1. The Labute approximate surface area is 274 Å². The third kappa shape index (κ3) is 12.7. The summed E-state index contributed by atoms with van der Waals surface area (Å²) in [4.78, 5) is 45.1. The van der Waals surface area contributed by atoms with Crippen LogP contribution >= 0.6 is 11.6 Å². The molecule has 13 heteroatoms. The fourth-order valence-corrected chi connectivity index (χ4v) is 6.46. The van der Waals surface area contributed by atoms with Crippen molar-refractivity contribution in [1.29, 1.82) is 0 Å². The highest BCUT2D eigenvalue weighted by molar-refractivity contribution is 6.77. The highest BCUT2D eigenvalue weighted by Gasteiger charge is 2.33. The zero-order valence-electron chi connectivity index (χ0n) is 27.6. The first-order valence-electron chi connectivity index (χ1n) is 16.2. The second kappa shape index (κ2) is 18.7. The number of methoxy groups -OCH3 is 1. The molecule has 2 fully saturated rings. The molecule has 0 aromatic heterocycles. The van der Waals surface area contributed by atoms with Gasteiger partial charge in [-0.1, -0.05) is 50.3 Å². The van der Waals surface area contributed by atoms with Crippen molar-refractivity contribution in [2.45, 2.75) is 76.4 Å². The number of nitrogens with zero attached hydrogens (tertiary/aromatic N) is 2. The van der Waals surface area contributed by atoms with Gasteiger partial charge in [-0.15, -0.1) is 0 Å². The number of hydroxylamine groups is 2. The molecule has 0 saturated carbocycles. The molecule has 5 atom stereocenters. The lowest BCUT2D eigenvalue weighted by Crippen LogP contribution is -2.52. The molecule has 11 nitrogen and oxygen atoms in total. The molecular formula is C32H53ClN4O7Si. The molecule has 2 aliphatic rings. The molecule has 2 heterocycles. The fraction of sp³-hybridized carbons (Fsp3) is 0.719. The zero-order valence-corrected chi connectivity index (χ0v) is 29.4. The molecule has 1 aromatic carbocycles. The van der Waals surface area contributed by atoms with E-state index in [0.717, 1.165) is 37.9 Å². The first-order chi connectivity index (χ1) is 21.5. The van der Waals surface area contributed by atoms with Crippen molar-refractivity contribution in [3.05, 3.63) is 34.9 Å². The van der Waals surface area contributed by atoms with E-state index in [2.05, 4.69) is 41.9 Å². The van der Waals surface area contributed by atoms with Gasteiger partial charge in [0.2, 0.25) is 6.41 Å². The average molecular weight is 669 g/mol. The lowest BCUT2D eigenvalue weighted by atomic mass is 9.88. The molecule has 2 N–H and O–H groups in total. The van der Waals surface area contributed by atoms with E-state index in [1.165, 1.54) is 12.2 Å². The summed E-state index contributed by atoms with van der Waals surface area (Å²) in [5.74, 6) is 0.316. The van der Waals surface area contributed by atoms with Crippen LogP contribution in [0.15, 0.2) is 24.3 Å². The third-order valence-corrected chi connectivity index (χ3v) is 12.2. The lowest BCUT2D eigenvalue weighted by molar-refractivity contribution is -0.174. The van der Waals surface area contributed by atoms with E-state index >= 15 is 0 Å². The van der Waals surface area contributed by atoms with Crippen LogP contribution in [0.1, 0.15) is 50.7 Å². The number of carbonyl (C=O) groups is 3. The smallest absolute Gasteiger partial charge is 0.406 e. The second-order valence-electron chi connectivity index (χ2n) is 13.3. The molecule has 254 valence electrons. The number of likely N-dealkylation sites (tertiary alicyclic amines) is 1. The Bertz CT molecular complexity index is 1070. The maximum absolute atomic E-state index is 13.8. The number of urea groups is 1. The van der Waals surface area contributed by atoms with Crippen molar-refractivity contribution >= 4 is 38.2 Å². The van der Waals surface area contributed by atoms with Crippen molar-refractivity contribution in [2.75, 3.05) is 59.7 Å². The Morgan fingerprint density at radius 2 is 2.04 bits per heavy atom. The molecule has 1 aromatic rings. The second-order valence-corrected chi connectivity index (χ2v) is 19.5. The molecule has 0 radical (unpaired) electrons. The fourth-order valence-electron chi connectivity index (χ4n) is 5.68. The highest BCUT2D eigenvalue weighted by Crippen LogP contribution is 2.34. The van der Waals surface area contributed by atoms with Crippen LogP contribution in [0.3, 0.4) is 0 Å². The molecule has 2 unspecified atom stereocenters. The monoisotopic (exact) mass is 668 g/mol. The van der Waals surface area contributed by atoms with Crippen molar-refractivity contribution in [3.63, 3.8) is 0 Å². The Morgan fingerprint density at radius 1 is 1.24 bits per heavy atom. The van der Waals surface area contributed by atoms with E-state index in [1.807, 2.05) is 29.2 Å². The number of hydrogen-bond donors (Lipinski definition) is 2. The van der Waals surface area contributed by atoms with Crippen molar-refractivity contribution in [1.82, 2.24) is 20.6 Å². The molecule has 2 aliphatic heterocycles. The maximum atomic E-state index is 13.8. The predicted molar refractivity (Wildman–Crippen MR) is 177 cm³/mol. The summed E-state index contributed by atoms with van der Waals surface area (Å²) < 4.78 is 16.7. The summed E-state index contributed by atoms with van der Waals surface area (Å²) in [6, 6.07) is 7.11. The summed E-state index contributed by atoms with van der Waals surface area (Å²) in [6.45, 7) is 12.8. The van der Waals surface area contributed by atoms with Gasteiger partial charge in [0.25, 0.3) is 0 Å². The number of carbonyl (C=O) groups excluding carboxylic acids is 3. The van der Waals surface area contributed by atoms with Crippen LogP contribution in [0.4, 0.5) is 9.59 Å². The standard InChI is InChI=1S/C32H53ClN4O7Si/c1-24(45(3,4)5)21-44-37(23-38)20-29(17-25-9-8-15-42-22-25)35-31(39)36-14-7-11-27(19-36)30(26-10-6-12-28(33)18-26)43-16-13-34-32(40)41-2/h6,10,12,18,23-25,27,29-30H,7-9,11,13-17,19-22H2,1-5H3,(H,34,40)(H,35,39)/t24?,25-,27-,29+,30?/m1/s1. The van der Waals surface area contributed by atoms with E-state index in [0.29, 0.717) is 62.2 Å². The van der Waals surface area contributed by atoms with Gasteiger partial charge in [-0.3, -0.25) is 9.63 Å². The summed E-state index contributed by atoms with van der Waals surface area (Å²) in [7, 11) is -0.110. The number of nitrogens with one attached hydrogen (secondary N) is 2. The first-order valence-corrected chi connectivity index (χ1v) is 20.1.